The molecular weight excluding hydrogens is 504 g/mol. The number of carbonyl (C=O) groups is 1. The number of nitriles is 1. The molecule has 2 rings (SSSR count). The number of urea groups is 1. The maximum absolute atomic E-state index is 13.1. The SMILES string of the molecule is COCCNc1cc(NC(=O)N(C)c2ccc(CO[Si](C)(C)C(C)(C)C)c(C(OC)OC)n2)ncc1C#N. The molecule has 0 aliphatic heterocycles. The highest BCUT2D eigenvalue weighted by molar-refractivity contribution is 6.74. The van der Waals surface area contributed by atoms with Crippen LogP contribution in [0.1, 0.15) is 43.9 Å². The van der Waals surface area contributed by atoms with Gasteiger partial charge in [-0.15, -0.1) is 0 Å². The minimum Gasteiger partial charge on any atom is -0.412 e. The molecule has 38 heavy (non-hydrogen) atoms. The van der Waals surface area contributed by atoms with Crippen LogP contribution in [0, 0.1) is 11.3 Å². The van der Waals surface area contributed by atoms with E-state index in [1.165, 1.54) is 25.3 Å². The Bertz CT molecular complexity index is 1130. The Labute approximate surface area is 226 Å². The molecule has 12 heteroatoms. The highest BCUT2D eigenvalue weighted by Gasteiger charge is 2.37. The lowest BCUT2D eigenvalue weighted by Crippen LogP contribution is -2.40. The number of rotatable bonds is 12. The van der Waals surface area contributed by atoms with Crippen molar-refractivity contribution in [1.29, 1.82) is 5.26 Å². The van der Waals surface area contributed by atoms with Crippen LogP contribution in [-0.2, 0) is 25.2 Å². The number of methoxy groups -OCH3 is 3. The number of nitrogens with one attached hydrogen (secondary N) is 2. The van der Waals surface area contributed by atoms with Crippen molar-refractivity contribution in [3.63, 3.8) is 0 Å². The average molecular weight is 545 g/mol. The molecule has 0 atom stereocenters. The number of pyridine rings is 2. The van der Waals surface area contributed by atoms with E-state index in [9.17, 15) is 10.1 Å². The molecule has 2 aromatic heterocycles. The highest BCUT2D eigenvalue weighted by Crippen LogP contribution is 2.37. The second-order valence-corrected chi connectivity index (χ2v) is 15.0. The number of hydrogen-bond donors (Lipinski definition) is 2. The third kappa shape index (κ3) is 7.96. The van der Waals surface area contributed by atoms with Gasteiger partial charge in [-0.25, -0.2) is 14.8 Å². The summed E-state index contributed by atoms with van der Waals surface area (Å²) >= 11 is 0. The van der Waals surface area contributed by atoms with Gasteiger partial charge in [0.25, 0.3) is 0 Å². The van der Waals surface area contributed by atoms with Gasteiger partial charge in [-0.2, -0.15) is 5.26 Å². The molecule has 0 aliphatic carbocycles. The lowest BCUT2D eigenvalue weighted by Gasteiger charge is -2.36. The van der Waals surface area contributed by atoms with E-state index in [2.05, 4.69) is 55.6 Å². The molecule has 2 N–H and O–H groups in total. The van der Waals surface area contributed by atoms with Crippen molar-refractivity contribution in [3.8, 4) is 6.07 Å². The topological polar surface area (TPSA) is 131 Å². The highest BCUT2D eigenvalue weighted by atomic mass is 28.4. The third-order valence-corrected chi connectivity index (χ3v) is 11.1. The van der Waals surface area contributed by atoms with Gasteiger partial charge >= 0.3 is 6.03 Å². The Hall–Kier alpha value is -3.08. The first kappa shape index (κ1) is 31.1. The van der Waals surface area contributed by atoms with E-state index < -0.39 is 20.6 Å². The maximum atomic E-state index is 13.1. The molecule has 208 valence electrons. The summed E-state index contributed by atoms with van der Waals surface area (Å²) in [7, 11) is 4.25. The predicted molar refractivity (Wildman–Crippen MR) is 150 cm³/mol. The minimum atomic E-state index is -2.01. The van der Waals surface area contributed by atoms with Gasteiger partial charge in [-0.05, 0) is 24.2 Å². The summed E-state index contributed by atoms with van der Waals surface area (Å²) in [5.74, 6) is 0.673. The molecular formula is C26H40N6O5Si. The first-order valence-electron chi connectivity index (χ1n) is 12.3. The number of hydrogen-bond acceptors (Lipinski definition) is 9. The fraction of sp³-hybridized carbons (Fsp3) is 0.538. The van der Waals surface area contributed by atoms with Gasteiger partial charge in [-0.1, -0.05) is 26.8 Å². The summed E-state index contributed by atoms with van der Waals surface area (Å²) in [6.07, 6.45) is 0.672. The van der Waals surface area contributed by atoms with E-state index in [4.69, 9.17) is 23.6 Å². The maximum Gasteiger partial charge on any atom is 0.328 e. The van der Waals surface area contributed by atoms with Crippen LogP contribution < -0.4 is 15.5 Å². The smallest absolute Gasteiger partial charge is 0.328 e. The van der Waals surface area contributed by atoms with Crippen molar-refractivity contribution < 1.29 is 23.4 Å². The molecule has 0 saturated carbocycles. The largest absolute Gasteiger partial charge is 0.412 e. The van der Waals surface area contributed by atoms with Crippen molar-refractivity contribution in [2.45, 2.75) is 51.8 Å². The monoisotopic (exact) mass is 544 g/mol. The molecule has 0 aliphatic rings. The average Bonchev–Trinajstić information content (AvgIpc) is 2.87. The molecule has 0 fully saturated rings. The zero-order valence-electron chi connectivity index (χ0n) is 23.8. The predicted octanol–water partition coefficient (Wildman–Crippen LogP) is 4.89. The normalized spacial score (nSPS) is 11.8. The number of carbonyl (C=O) groups excluding carboxylic acids is 1. The van der Waals surface area contributed by atoms with Crippen molar-refractivity contribution in [1.82, 2.24) is 9.97 Å². The molecule has 2 aromatic rings. The van der Waals surface area contributed by atoms with Crippen molar-refractivity contribution >= 4 is 31.7 Å². The lowest BCUT2D eigenvalue weighted by atomic mass is 10.2. The quantitative estimate of drug-likeness (QED) is 0.218. The molecule has 0 radical (unpaired) electrons. The Kier molecular flexibility index (Phi) is 11.2. The van der Waals surface area contributed by atoms with Gasteiger partial charge in [0.05, 0.1) is 24.5 Å². The van der Waals surface area contributed by atoms with Gasteiger partial charge < -0.3 is 24.0 Å². The van der Waals surface area contributed by atoms with Gasteiger partial charge in [0.2, 0.25) is 6.29 Å². The third-order valence-electron chi connectivity index (χ3n) is 6.57. The van der Waals surface area contributed by atoms with Crippen LogP contribution in [0.3, 0.4) is 0 Å². The van der Waals surface area contributed by atoms with Crippen LogP contribution in [0.25, 0.3) is 0 Å². The van der Waals surface area contributed by atoms with E-state index in [0.717, 1.165) is 5.56 Å². The first-order chi connectivity index (χ1) is 17.9. The van der Waals surface area contributed by atoms with Crippen LogP contribution in [0.5, 0.6) is 0 Å². The fourth-order valence-corrected chi connectivity index (χ4v) is 4.09. The summed E-state index contributed by atoms with van der Waals surface area (Å²) < 4.78 is 22.4. The van der Waals surface area contributed by atoms with E-state index in [-0.39, 0.29) is 10.9 Å². The molecule has 0 aromatic carbocycles. The summed E-state index contributed by atoms with van der Waals surface area (Å²) in [4.78, 5) is 23.3. The van der Waals surface area contributed by atoms with Gasteiger partial charge in [-0.3, -0.25) is 10.2 Å². The minimum absolute atomic E-state index is 0.0550. The van der Waals surface area contributed by atoms with Crippen molar-refractivity contribution in [2.24, 2.45) is 0 Å². The van der Waals surface area contributed by atoms with E-state index in [1.54, 1.807) is 26.3 Å². The number of aromatic nitrogens is 2. The summed E-state index contributed by atoms with van der Waals surface area (Å²) in [5, 5.41) is 15.3. The van der Waals surface area contributed by atoms with E-state index in [0.29, 0.717) is 42.5 Å². The summed E-state index contributed by atoms with van der Waals surface area (Å²) in [5.41, 5.74) is 2.26. The van der Waals surface area contributed by atoms with Crippen LogP contribution in [0.4, 0.5) is 22.1 Å². The Morgan fingerprint density at radius 2 is 1.89 bits per heavy atom. The van der Waals surface area contributed by atoms with Crippen molar-refractivity contribution in [2.75, 3.05) is 57.1 Å². The van der Waals surface area contributed by atoms with E-state index in [1.807, 2.05) is 6.07 Å². The molecule has 11 nitrogen and oxygen atoms in total. The van der Waals surface area contributed by atoms with Gasteiger partial charge in [0, 0.05) is 52.7 Å². The number of nitrogens with zero attached hydrogens (tertiary/aromatic N) is 4. The second kappa shape index (κ2) is 13.6. The molecule has 0 saturated heterocycles. The lowest BCUT2D eigenvalue weighted by molar-refractivity contribution is -0.109. The van der Waals surface area contributed by atoms with Crippen LogP contribution >= 0.6 is 0 Å². The van der Waals surface area contributed by atoms with Crippen LogP contribution in [-0.4, -0.2) is 65.8 Å². The fourth-order valence-electron chi connectivity index (χ4n) is 3.14. The zero-order chi connectivity index (χ0) is 28.5. The van der Waals surface area contributed by atoms with Crippen LogP contribution in [0.2, 0.25) is 18.1 Å². The zero-order valence-corrected chi connectivity index (χ0v) is 24.8. The number of anilines is 3. The van der Waals surface area contributed by atoms with Crippen molar-refractivity contribution in [3.05, 3.63) is 41.2 Å². The summed E-state index contributed by atoms with van der Waals surface area (Å²) in [6.45, 7) is 12.2. The molecule has 0 bridgehead atoms. The number of ether oxygens (including phenoxy) is 3. The summed E-state index contributed by atoms with van der Waals surface area (Å²) in [6, 6.07) is 6.85. The Morgan fingerprint density at radius 1 is 1.21 bits per heavy atom. The standard InChI is InChI=1S/C26H40N6O5Si/c1-26(2,3)38(8,9)37-17-18-10-11-22(31-23(18)24(35-6)36-7)32(4)25(33)30-21-14-20(28-12-13-34-5)19(15-27)16-29-21/h10-11,14,16,24H,12-13,17H2,1-9H3,(H2,28,29,30,33). The van der Waals surface area contributed by atoms with Gasteiger partial charge in [0.1, 0.15) is 23.4 Å². The van der Waals surface area contributed by atoms with E-state index >= 15 is 0 Å². The second-order valence-electron chi connectivity index (χ2n) is 10.2. The molecule has 0 unspecified atom stereocenters. The molecule has 0 spiro atoms. The van der Waals surface area contributed by atoms with Gasteiger partial charge in [0.15, 0.2) is 8.32 Å². The number of amides is 2. The Balaban J connectivity index is 2.27. The Morgan fingerprint density at radius 3 is 2.47 bits per heavy atom. The molecule has 2 amide bonds. The first-order valence-corrected chi connectivity index (χ1v) is 15.2. The van der Waals surface area contributed by atoms with Crippen LogP contribution in [0.15, 0.2) is 24.4 Å². The molecule has 2 heterocycles.